The highest BCUT2D eigenvalue weighted by Crippen LogP contribution is 2.15. The number of carbonyl (C=O) groups excluding carboxylic acids is 1. The van der Waals surface area contributed by atoms with Crippen LogP contribution in [-0.2, 0) is 24.4 Å². The van der Waals surface area contributed by atoms with Gasteiger partial charge < -0.3 is 4.90 Å². The minimum Gasteiger partial charge on any atom is -0.340 e. The van der Waals surface area contributed by atoms with Crippen LogP contribution in [0, 0.1) is 13.8 Å². The van der Waals surface area contributed by atoms with Crippen molar-refractivity contribution in [3.8, 4) is 0 Å². The maximum atomic E-state index is 12.5. The number of hydrogen-bond donors (Lipinski definition) is 0. The molecule has 3 rings (SSSR count). The zero-order chi connectivity index (χ0) is 18.7. The maximum Gasteiger partial charge on any atom is 0.224 e. The summed E-state index contributed by atoms with van der Waals surface area (Å²) < 4.78 is 3.78. The molecular formula is C18H27ClN6O. The summed E-state index contributed by atoms with van der Waals surface area (Å²) in [7, 11) is 0. The van der Waals surface area contributed by atoms with Gasteiger partial charge >= 0.3 is 0 Å². The van der Waals surface area contributed by atoms with Gasteiger partial charge in [0.25, 0.3) is 0 Å². The molecule has 142 valence electrons. The molecule has 1 aliphatic rings. The molecule has 7 nitrogen and oxygen atoms in total. The molecule has 0 atom stereocenters. The Hall–Kier alpha value is -1.86. The Morgan fingerprint density at radius 2 is 1.96 bits per heavy atom. The van der Waals surface area contributed by atoms with Crippen LogP contribution in [0.25, 0.3) is 0 Å². The van der Waals surface area contributed by atoms with Crippen LogP contribution >= 0.6 is 11.6 Å². The van der Waals surface area contributed by atoms with Gasteiger partial charge in [-0.2, -0.15) is 10.2 Å². The first kappa shape index (κ1) is 18.9. The summed E-state index contributed by atoms with van der Waals surface area (Å²) in [4.78, 5) is 16.8. The Morgan fingerprint density at radius 1 is 1.23 bits per heavy atom. The number of piperazine rings is 1. The van der Waals surface area contributed by atoms with Crippen LogP contribution in [0.15, 0.2) is 12.4 Å². The van der Waals surface area contributed by atoms with E-state index in [0.29, 0.717) is 18.0 Å². The predicted octanol–water partition coefficient (Wildman–Crippen LogP) is 2.10. The summed E-state index contributed by atoms with van der Waals surface area (Å²) in [6.07, 6.45) is 4.22. The van der Waals surface area contributed by atoms with Crippen molar-refractivity contribution in [2.45, 2.75) is 46.8 Å². The fourth-order valence-corrected chi connectivity index (χ4v) is 3.42. The third kappa shape index (κ3) is 4.27. The third-order valence-corrected chi connectivity index (χ3v) is 5.44. The molecular weight excluding hydrogens is 352 g/mol. The molecule has 1 aliphatic heterocycles. The lowest BCUT2D eigenvalue weighted by Gasteiger charge is -2.34. The average Bonchev–Trinajstić information content (AvgIpc) is 3.16. The van der Waals surface area contributed by atoms with Gasteiger partial charge in [-0.15, -0.1) is 0 Å². The number of amides is 1. The molecule has 0 radical (unpaired) electrons. The minimum absolute atomic E-state index is 0.186. The summed E-state index contributed by atoms with van der Waals surface area (Å²) in [6, 6.07) is 0. The zero-order valence-electron chi connectivity index (χ0n) is 15.8. The van der Waals surface area contributed by atoms with Gasteiger partial charge in [0.05, 0.1) is 29.2 Å². The quantitative estimate of drug-likeness (QED) is 0.772. The highest BCUT2D eigenvalue weighted by Gasteiger charge is 2.22. The van der Waals surface area contributed by atoms with Crippen LogP contribution in [0.2, 0.25) is 5.02 Å². The molecule has 26 heavy (non-hydrogen) atoms. The molecule has 8 heteroatoms. The Kier molecular flexibility index (Phi) is 5.98. The summed E-state index contributed by atoms with van der Waals surface area (Å²) in [6.45, 7) is 11.8. The average molecular weight is 379 g/mol. The van der Waals surface area contributed by atoms with Gasteiger partial charge in [0.2, 0.25) is 5.91 Å². The number of rotatable bonds is 6. The van der Waals surface area contributed by atoms with Crippen molar-refractivity contribution in [3.05, 3.63) is 34.4 Å². The lowest BCUT2D eigenvalue weighted by molar-refractivity contribution is -0.133. The van der Waals surface area contributed by atoms with E-state index in [1.807, 2.05) is 16.5 Å². The second-order valence-electron chi connectivity index (χ2n) is 6.80. The van der Waals surface area contributed by atoms with Gasteiger partial charge in [0, 0.05) is 57.4 Å². The van der Waals surface area contributed by atoms with E-state index < -0.39 is 0 Å². The molecule has 0 unspecified atom stereocenters. The van der Waals surface area contributed by atoms with E-state index in [2.05, 4.69) is 35.1 Å². The number of halogens is 1. The smallest absolute Gasteiger partial charge is 0.224 e. The molecule has 0 N–H and O–H groups in total. The van der Waals surface area contributed by atoms with Crippen molar-refractivity contribution in [3.63, 3.8) is 0 Å². The molecule has 3 heterocycles. The zero-order valence-corrected chi connectivity index (χ0v) is 16.5. The minimum atomic E-state index is 0.186. The normalized spacial score (nSPS) is 15.6. The fourth-order valence-electron chi connectivity index (χ4n) is 3.28. The van der Waals surface area contributed by atoms with E-state index in [0.717, 1.165) is 50.7 Å². The standard InChI is InChI=1S/C18H27ClN6O/c1-4-24-13-16(14(2)21-24)12-22-7-9-23(10-8-22)18(26)5-6-25-15(3)17(19)11-20-25/h11,13H,4-10,12H2,1-3H3. The largest absolute Gasteiger partial charge is 0.340 e. The van der Waals surface area contributed by atoms with Gasteiger partial charge in [0.15, 0.2) is 0 Å². The van der Waals surface area contributed by atoms with Crippen molar-refractivity contribution in [1.29, 1.82) is 0 Å². The molecule has 0 saturated carbocycles. The Morgan fingerprint density at radius 3 is 2.54 bits per heavy atom. The van der Waals surface area contributed by atoms with Crippen LogP contribution in [0.5, 0.6) is 0 Å². The van der Waals surface area contributed by atoms with E-state index in [-0.39, 0.29) is 5.91 Å². The first-order chi connectivity index (χ1) is 12.5. The van der Waals surface area contributed by atoms with E-state index >= 15 is 0 Å². The lowest BCUT2D eigenvalue weighted by atomic mass is 10.2. The SMILES string of the molecule is CCn1cc(CN2CCN(C(=O)CCn3ncc(Cl)c3C)CC2)c(C)n1. The third-order valence-electron chi connectivity index (χ3n) is 5.07. The Balaban J connectivity index is 1.46. The van der Waals surface area contributed by atoms with E-state index in [4.69, 9.17) is 11.6 Å². The molecule has 1 fully saturated rings. The van der Waals surface area contributed by atoms with Gasteiger partial charge in [0.1, 0.15) is 0 Å². The second kappa shape index (κ2) is 8.22. The van der Waals surface area contributed by atoms with Crippen LogP contribution in [0.1, 0.15) is 30.3 Å². The molecule has 0 aromatic carbocycles. The Labute approximate surface area is 159 Å². The van der Waals surface area contributed by atoms with Gasteiger partial charge in [-0.05, 0) is 20.8 Å². The Bertz CT molecular complexity index is 760. The van der Waals surface area contributed by atoms with Gasteiger partial charge in [-0.1, -0.05) is 11.6 Å². The van der Waals surface area contributed by atoms with Crippen molar-refractivity contribution in [2.75, 3.05) is 26.2 Å². The van der Waals surface area contributed by atoms with Crippen LogP contribution in [0.3, 0.4) is 0 Å². The number of hydrogen-bond acceptors (Lipinski definition) is 4. The van der Waals surface area contributed by atoms with E-state index in [1.54, 1.807) is 10.9 Å². The molecule has 1 amide bonds. The van der Waals surface area contributed by atoms with E-state index in [9.17, 15) is 4.79 Å². The highest BCUT2D eigenvalue weighted by atomic mass is 35.5. The second-order valence-corrected chi connectivity index (χ2v) is 7.21. The van der Waals surface area contributed by atoms with Gasteiger partial charge in [-0.3, -0.25) is 19.1 Å². The number of nitrogens with zero attached hydrogens (tertiary/aromatic N) is 6. The van der Waals surface area contributed by atoms with Crippen molar-refractivity contribution >= 4 is 17.5 Å². The molecule has 0 bridgehead atoms. The molecule has 2 aromatic heterocycles. The summed E-state index contributed by atoms with van der Waals surface area (Å²) in [5.74, 6) is 0.186. The predicted molar refractivity (Wildman–Crippen MR) is 101 cm³/mol. The highest BCUT2D eigenvalue weighted by molar-refractivity contribution is 6.31. The molecule has 2 aromatic rings. The monoisotopic (exact) mass is 378 g/mol. The maximum absolute atomic E-state index is 12.5. The summed E-state index contributed by atoms with van der Waals surface area (Å²) in [5.41, 5.74) is 3.28. The molecule has 1 saturated heterocycles. The van der Waals surface area contributed by atoms with Crippen molar-refractivity contribution in [2.24, 2.45) is 0 Å². The molecule has 0 aliphatic carbocycles. The number of carbonyl (C=O) groups is 1. The van der Waals surface area contributed by atoms with Crippen LogP contribution in [-0.4, -0.2) is 61.4 Å². The number of aromatic nitrogens is 4. The first-order valence-corrected chi connectivity index (χ1v) is 9.56. The lowest BCUT2D eigenvalue weighted by Crippen LogP contribution is -2.48. The molecule has 0 spiro atoms. The first-order valence-electron chi connectivity index (χ1n) is 9.19. The van der Waals surface area contributed by atoms with E-state index in [1.165, 1.54) is 5.56 Å². The van der Waals surface area contributed by atoms with Crippen LogP contribution in [0.4, 0.5) is 0 Å². The fraction of sp³-hybridized carbons (Fsp3) is 0.611. The van der Waals surface area contributed by atoms with Crippen molar-refractivity contribution in [1.82, 2.24) is 29.4 Å². The number of aryl methyl sites for hydroxylation is 3. The topological polar surface area (TPSA) is 59.2 Å². The summed E-state index contributed by atoms with van der Waals surface area (Å²) >= 11 is 6.01. The van der Waals surface area contributed by atoms with Gasteiger partial charge in [-0.25, -0.2) is 0 Å². The van der Waals surface area contributed by atoms with Crippen molar-refractivity contribution < 1.29 is 4.79 Å². The van der Waals surface area contributed by atoms with Crippen LogP contribution < -0.4 is 0 Å². The summed E-state index contributed by atoms with van der Waals surface area (Å²) in [5, 5.41) is 9.36.